The maximum atomic E-state index is 5.92. The van der Waals surface area contributed by atoms with Gasteiger partial charge in [0.2, 0.25) is 0 Å². The number of rotatable bonds is 3. The molecule has 3 rings (SSSR count). The Hall–Kier alpha value is -0.430. The number of halogens is 4. The highest BCUT2D eigenvalue weighted by Gasteiger charge is 2.15. The second-order valence-electron chi connectivity index (χ2n) is 4.39. The van der Waals surface area contributed by atoms with E-state index in [4.69, 9.17) is 11.6 Å². The van der Waals surface area contributed by atoms with Crippen LogP contribution in [0, 0.1) is 0 Å². The van der Waals surface area contributed by atoms with Gasteiger partial charge in [-0.1, -0.05) is 15.9 Å². The maximum absolute atomic E-state index is 5.92. The monoisotopic (exact) mass is 491 g/mol. The Kier molecular flexibility index (Phi) is 4.69. The lowest BCUT2D eigenvalue weighted by Crippen LogP contribution is -2.03. The van der Waals surface area contributed by atoms with Crippen molar-refractivity contribution in [2.45, 2.75) is 6.42 Å². The van der Waals surface area contributed by atoms with E-state index in [1.807, 2.05) is 28.8 Å². The van der Waals surface area contributed by atoms with Crippen molar-refractivity contribution in [3.05, 3.63) is 49.7 Å². The SMILES string of the molecule is ClCCc1nc2cc(Br)cnc2n1-c1ccc(Br)cc1Br. The number of hydrogen-bond donors (Lipinski definition) is 0. The van der Waals surface area contributed by atoms with E-state index >= 15 is 0 Å². The summed E-state index contributed by atoms with van der Waals surface area (Å²) in [6, 6.07) is 7.99. The molecule has 0 saturated carbocycles. The molecule has 0 atom stereocenters. The van der Waals surface area contributed by atoms with Crippen molar-refractivity contribution in [2.75, 3.05) is 5.88 Å². The third kappa shape index (κ3) is 3.04. The van der Waals surface area contributed by atoms with E-state index in [-0.39, 0.29) is 0 Å². The molecule has 108 valence electrons. The number of aryl methyl sites for hydroxylation is 1. The van der Waals surface area contributed by atoms with Gasteiger partial charge in [0, 0.05) is 31.9 Å². The van der Waals surface area contributed by atoms with Crippen molar-refractivity contribution >= 4 is 70.6 Å². The minimum absolute atomic E-state index is 0.513. The molecule has 0 aliphatic heterocycles. The van der Waals surface area contributed by atoms with Crippen LogP contribution in [0.15, 0.2) is 43.9 Å². The average molecular weight is 494 g/mol. The molecule has 3 aromatic rings. The molecule has 0 saturated heterocycles. The molecule has 0 aliphatic carbocycles. The van der Waals surface area contributed by atoms with Gasteiger partial charge in [-0.3, -0.25) is 4.57 Å². The average Bonchev–Trinajstić information content (AvgIpc) is 2.76. The second-order valence-corrected chi connectivity index (χ2v) is 7.46. The summed E-state index contributed by atoms with van der Waals surface area (Å²) in [5.41, 5.74) is 2.66. The topological polar surface area (TPSA) is 30.7 Å². The Morgan fingerprint density at radius 2 is 1.90 bits per heavy atom. The molecule has 0 unspecified atom stereocenters. The first-order valence-electron chi connectivity index (χ1n) is 6.14. The zero-order valence-corrected chi connectivity index (χ0v) is 16.2. The van der Waals surface area contributed by atoms with E-state index in [0.29, 0.717) is 12.3 Å². The van der Waals surface area contributed by atoms with Crippen molar-refractivity contribution in [1.29, 1.82) is 0 Å². The van der Waals surface area contributed by atoms with Gasteiger partial charge in [0.15, 0.2) is 5.65 Å². The van der Waals surface area contributed by atoms with Crippen molar-refractivity contribution in [1.82, 2.24) is 14.5 Å². The summed E-state index contributed by atoms with van der Waals surface area (Å²) in [5.74, 6) is 1.41. The van der Waals surface area contributed by atoms with Crippen LogP contribution in [0.5, 0.6) is 0 Å². The molecule has 0 spiro atoms. The molecule has 0 fully saturated rings. The van der Waals surface area contributed by atoms with Gasteiger partial charge in [-0.2, -0.15) is 0 Å². The van der Waals surface area contributed by atoms with Crippen LogP contribution in [0.1, 0.15) is 5.82 Å². The molecule has 2 aromatic heterocycles. The summed E-state index contributed by atoms with van der Waals surface area (Å²) in [7, 11) is 0. The van der Waals surface area contributed by atoms with Crippen LogP contribution < -0.4 is 0 Å². The Bertz CT molecular complexity index is 817. The van der Waals surface area contributed by atoms with E-state index in [2.05, 4.69) is 57.8 Å². The van der Waals surface area contributed by atoms with Gasteiger partial charge in [-0.25, -0.2) is 9.97 Å². The number of nitrogens with zero attached hydrogens (tertiary/aromatic N) is 3. The maximum Gasteiger partial charge on any atom is 0.164 e. The minimum Gasteiger partial charge on any atom is -0.280 e. The second kappa shape index (κ2) is 6.36. The first kappa shape index (κ1) is 15.5. The van der Waals surface area contributed by atoms with Crippen LogP contribution in [0.4, 0.5) is 0 Å². The molecule has 0 N–H and O–H groups in total. The van der Waals surface area contributed by atoms with Crippen molar-refractivity contribution < 1.29 is 0 Å². The fourth-order valence-electron chi connectivity index (χ4n) is 2.16. The van der Waals surface area contributed by atoms with E-state index in [0.717, 1.165) is 36.1 Å². The van der Waals surface area contributed by atoms with Crippen LogP contribution >= 0.6 is 59.4 Å². The number of imidazole rings is 1. The Balaban J connectivity index is 2.30. The summed E-state index contributed by atoms with van der Waals surface area (Å²) in [4.78, 5) is 9.16. The molecule has 0 bridgehead atoms. The molecule has 0 amide bonds. The zero-order valence-electron chi connectivity index (χ0n) is 10.7. The number of benzene rings is 1. The molecule has 2 heterocycles. The highest BCUT2D eigenvalue weighted by molar-refractivity contribution is 9.11. The van der Waals surface area contributed by atoms with Crippen LogP contribution in [-0.4, -0.2) is 20.4 Å². The molecular formula is C14H9Br3ClN3. The van der Waals surface area contributed by atoms with Gasteiger partial charge in [0.25, 0.3) is 0 Å². The van der Waals surface area contributed by atoms with E-state index < -0.39 is 0 Å². The fraction of sp³-hybridized carbons (Fsp3) is 0.143. The molecule has 0 radical (unpaired) electrons. The van der Waals surface area contributed by atoms with Gasteiger partial charge < -0.3 is 0 Å². The number of hydrogen-bond acceptors (Lipinski definition) is 2. The van der Waals surface area contributed by atoms with E-state index in [9.17, 15) is 0 Å². The normalized spacial score (nSPS) is 11.2. The number of aromatic nitrogens is 3. The molecule has 7 heteroatoms. The largest absolute Gasteiger partial charge is 0.280 e. The van der Waals surface area contributed by atoms with E-state index in [1.165, 1.54) is 0 Å². The lowest BCUT2D eigenvalue weighted by molar-refractivity contribution is 0.902. The first-order valence-corrected chi connectivity index (χ1v) is 9.06. The van der Waals surface area contributed by atoms with Gasteiger partial charge in [0.05, 0.1) is 5.69 Å². The Morgan fingerprint density at radius 1 is 1.10 bits per heavy atom. The summed E-state index contributed by atoms with van der Waals surface area (Å²) in [5, 5.41) is 0. The highest BCUT2D eigenvalue weighted by Crippen LogP contribution is 2.29. The Morgan fingerprint density at radius 3 is 2.62 bits per heavy atom. The van der Waals surface area contributed by atoms with Gasteiger partial charge in [-0.05, 0) is 56.1 Å². The van der Waals surface area contributed by atoms with Crippen LogP contribution in [-0.2, 0) is 6.42 Å². The minimum atomic E-state index is 0.513. The van der Waals surface area contributed by atoms with Crippen molar-refractivity contribution in [3.8, 4) is 5.69 Å². The van der Waals surface area contributed by atoms with Gasteiger partial charge >= 0.3 is 0 Å². The van der Waals surface area contributed by atoms with E-state index in [1.54, 1.807) is 6.20 Å². The summed E-state index contributed by atoms with van der Waals surface area (Å²) in [6.07, 6.45) is 2.45. The Labute approximate surface area is 152 Å². The molecular weight excluding hydrogens is 485 g/mol. The number of fused-ring (bicyclic) bond motifs is 1. The molecule has 0 aliphatic rings. The number of pyridine rings is 1. The number of alkyl halides is 1. The highest BCUT2D eigenvalue weighted by atomic mass is 79.9. The smallest absolute Gasteiger partial charge is 0.164 e. The molecule has 1 aromatic carbocycles. The predicted octanol–water partition coefficient (Wildman–Crippen LogP) is 5.49. The zero-order chi connectivity index (χ0) is 15.0. The van der Waals surface area contributed by atoms with Crippen molar-refractivity contribution in [2.24, 2.45) is 0 Å². The predicted molar refractivity (Wildman–Crippen MR) is 96.4 cm³/mol. The molecule has 3 nitrogen and oxygen atoms in total. The third-order valence-electron chi connectivity index (χ3n) is 3.00. The summed E-state index contributed by atoms with van der Waals surface area (Å²) in [6.45, 7) is 0. The van der Waals surface area contributed by atoms with Crippen LogP contribution in [0.2, 0.25) is 0 Å². The van der Waals surface area contributed by atoms with Gasteiger partial charge in [-0.15, -0.1) is 11.6 Å². The fourth-order valence-corrected chi connectivity index (χ4v) is 3.87. The summed E-state index contributed by atoms with van der Waals surface area (Å²) >= 11 is 16.4. The third-order valence-corrected chi connectivity index (χ3v) is 4.75. The van der Waals surface area contributed by atoms with Crippen LogP contribution in [0.25, 0.3) is 16.9 Å². The lowest BCUT2D eigenvalue weighted by Gasteiger charge is -2.10. The van der Waals surface area contributed by atoms with Crippen LogP contribution in [0.3, 0.4) is 0 Å². The first-order chi connectivity index (χ1) is 10.1. The van der Waals surface area contributed by atoms with Crippen molar-refractivity contribution in [3.63, 3.8) is 0 Å². The van der Waals surface area contributed by atoms with Gasteiger partial charge in [0.1, 0.15) is 11.3 Å². The lowest BCUT2D eigenvalue weighted by atomic mass is 10.3. The quantitative estimate of drug-likeness (QED) is 0.451. The standard InChI is InChI=1S/C14H9Br3ClN3/c15-8-1-2-12(10(17)5-8)21-13(3-4-18)20-11-6-9(16)7-19-14(11)21/h1-2,5-7H,3-4H2. The summed E-state index contributed by atoms with van der Waals surface area (Å²) < 4.78 is 4.93. The molecule has 21 heavy (non-hydrogen) atoms.